The van der Waals surface area contributed by atoms with Gasteiger partial charge >= 0.3 is 0 Å². The van der Waals surface area contributed by atoms with Crippen molar-refractivity contribution in [2.45, 2.75) is 34.1 Å². The highest BCUT2D eigenvalue weighted by atomic mass is 16.2. The van der Waals surface area contributed by atoms with Crippen molar-refractivity contribution in [2.24, 2.45) is 0 Å². The molecule has 5 nitrogen and oxygen atoms in total. The van der Waals surface area contributed by atoms with Gasteiger partial charge in [-0.1, -0.05) is 23.8 Å². The summed E-state index contributed by atoms with van der Waals surface area (Å²) in [7, 11) is 0. The number of aryl methyl sites for hydroxylation is 4. The second kappa shape index (κ2) is 7.36. The smallest absolute Gasteiger partial charge is 0.255 e. The first kappa shape index (κ1) is 18.2. The average molecular weight is 353 g/mol. The van der Waals surface area contributed by atoms with Gasteiger partial charge in [0.1, 0.15) is 0 Å². The molecule has 26 heavy (non-hydrogen) atoms. The van der Waals surface area contributed by atoms with Crippen LogP contribution in [0.4, 0.5) is 0 Å². The fraction of sp³-hybridized carbons (Fsp3) is 0.429. The van der Waals surface area contributed by atoms with Gasteiger partial charge in [0.05, 0.1) is 12.0 Å². The third kappa shape index (κ3) is 3.82. The predicted molar refractivity (Wildman–Crippen MR) is 102 cm³/mol. The molecule has 1 aromatic heterocycles. The van der Waals surface area contributed by atoms with E-state index in [0.29, 0.717) is 32.6 Å². The molecule has 0 radical (unpaired) electrons. The van der Waals surface area contributed by atoms with E-state index in [4.69, 9.17) is 0 Å². The summed E-state index contributed by atoms with van der Waals surface area (Å²) in [5.74, 6) is 0.188. The van der Waals surface area contributed by atoms with Gasteiger partial charge in [-0.15, -0.1) is 0 Å². The Hall–Kier alpha value is -2.56. The van der Waals surface area contributed by atoms with Crippen molar-refractivity contribution in [2.75, 3.05) is 26.2 Å². The maximum Gasteiger partial charge on any atom is 0.255 e. The minimum absolute atomic E-state index is 0.0495. The highest BCUT2D eigenvalue weighted by molar-refractivity contribution is 5.95. The van der Waals surface area contributed by atoms with Crippen LogP contribution in [-0.2, 0) is 11.2 Å². The summed E-state index contributed by atoms with van der Waals surface area (Å²) in [5, 5.41) is 0. The molecule has 3 rings (SSSR count). The standard InChI is InChI=1S/C21H27N3O2/c1-14-5-6-15(2)18(11-14)13-20(25)23-7-9-24(10-8-23)21(26)19-12-16(3)22-17(19)4/h5-6,11-12,22H,7-10,13H2,1-4H3. The Balaban J connectivity index is 1.59. The van der Waals surface area contributed by atoms with E-state index in [1.165, 1.54) is 5.56 Å². The van der Waals surface area contributed by atoms with E-state index in [2.05, 4.69) is 23.2 Å². The number of hydrogen-bond donors (Lipinski definition) is 1. The van der Waals surface area contributed by atoms with E-state index in [1.54, 1.807) is 0 Å². The van der Waals surface area contributed by atoms with Crippen molar-refractivity contribution in [3.63, 3.8) is 0 Å². The number of nitrogens with zero attached hydrogens (tertiary/aromatic N) is 2. The number of rotatable bonds is 3. The summed E-state index contributed by atoms with van der Waals surface area (Å²) in [5.41, 5.74) is 6.04. The largest absolute Gasteiger partial charge is 0.362 e. The van der Waals surface area contributed by atoms with Gasteiger partial charge in [0.15, 0.2) is 0 Å². The van der Waals surface area contributed by atoms with Crippen molar-refractivity contribution in [3.8, 4) is 0 Å². The molecular formula is C21H27N3O2. The van der Waals surface area contributed by atoms with Gasteiger partial charge in [0, 0.05) is 37.6 Å². The molecule has 138 valence electrons. The van der Waals surface area contributed by atoms with Gasteiger partial charge in [0.2, 0.25) is 5.91 Å². The average Bonchev–Trinajstić information content (AvgIpc) is 2.96. The molecule has 1 aliphatic heterocycles. The molecule has 1 aliphatic rings. The number of nitrogens with one attached hydrogen (secondary N) is 1. The van der Waals surface area contributed by atoms with Gasteiger partial charge in [-0.3, -0.25) is 9.59 Å². The molecule has 2 aromatic rings. The molecule has 1 saturated heterocycles. The van der Waals surface area contributed by atoms with E-state index >= 15 is 0 Å². The van der Waals surface area contributed by atoms with Crippen LogP contribution in [0.5, 0.6) is 0 Å². The van der Waals surface area contributed by atoms with Crippen LogP contribution in [0.3, 0.4) is 0 Å². The first-order chi connectivity index (χ1) is 12.3. The molecule has 1 N–H and O–H groups in total. The van der Waals surface area contributed by atoms with Gasteiger partial charge < -0.3 is 14.8 Å². The predicted octanol–water partition coefficient (Wildman–Crippen LogP) is 2.78. The molecule has 2 heterocycles. The fourth-order valence-electron chi connectivity index (χ4n) is 3.54. The second-order valence-corrected chi connectivity index (χ2v) is 7.27. The molecule has 0 bridgehead atoms. The second-order valence-electron chi connectivity index (χ2n) is 7.27. The number of carbonyl (C=O) groups is 2. The third-order valence-electron chi connectivity index (χ3n) is 5.15. The highest BCUT2D eigenvalue weighted by Gasteiger charge is 2.26. The van der Waals surface area contributed by atoms with Gasteiger partial charge in [-0.25, -0.2) is 0 Å². The minimum Gasteiger partial charge on any atom is -0.362 e. The zero-order valence-corrected chi connectivity index (χ0v) is 16.1. The van der Waals surface area contributed by atoms with Crippen LogP contribution >= 0.6 is 0 Å². The Labute approximate surface area is 155 Å². The van der Waals surface area contributed by atoms with Crippen LogP contribution in [0, 0.1) is 27.7 Å². The van der Waals surface area contributed by atoms with E-state index < -0.39 is 0 Å². The normalized spacial score (nSPS) is 14.6. The zero-order valence-electron chi connectivity index (χ0n) is 16.1. The summed E-state index contributed by atoms with van der Waals surface area (Å²) in [6.07, 6.45) is 0.428. The number of piperazine rings is 1. The number of H-pyrrole nitrogens is 1. The van der Waals surface area contributed by atoms with Crippen molar-refractivity contribution < 1.29 is 9.59 Å². The van der Waals surface area contributed by atoms with E-state index in [-0.39, 0.29) is 11.8 Å². The molecule has 1 aromatic carbocycles. The quantitative estimate of drug-likeness (QED) is 0.922. The fourth-order valence-corrected chi connectivity index (χ4v) is 3.54. The van der Waals surface area contributed by atoms with Crippen molar-refractivity contribution in [3.05, 3.63) is 57.9 Å². The van der Waals surface area contributed by atoms with E-state index in [0.717, 1.165) is 28.1 Å². The number of benzene rings is 1. The van der Waals surface area contributed by atoms with Gasteiger partial charge in [0.25, 0.3) is 5.91 Å². The van der Waals surface area contributed by atoms with Crippen LogP contribution in [0.15, 0.2) is 24.3 Å². The lowest BCUT2D eigenvalue weighted by molar-refractivity contribution is -0.131. The van der Waals surface area contributed by atoms with Crippen LogP contribution in [0.25, 0.3) is 0 Å². The monoisotopic (exact) mass is 353 g/mol. The highest BCUT2D eigenvalue weighted by Crippen LogP contribution is 2.16. The van der Waals surface area contributed by atoms with Crippen LogP contribution in [0.1, 0.15) is 38.4 Å². The Bertz CT molecular complexity index is 830. The molecule has 0 spiro atoms. The topological polar surface area (TPSA) is 56.4 Å². The Morgan fingerprint density at radius 3 is 2.23 bits per heavy atom. The third-order valence-corrected chi connectivity index (χ3v) is 5.15. The van der Waals surface area contributed by atoms with Gasteiger partial charge in [-0.2, -0.15) is 0 Å². The lowest BCUT2D eigenvalue weighted by atomic mass is 10.0. The summed E-state index contributed by atoms with van der Waals surface area (Å²) in [4.78, 5) is 32.2. The minimum atomic E-state index is 0.0495. The molecule has 0 aliphatic carbocycles. The molecule has 0 unspecified atom stereocenters. The van der Waals surface area contributed by atoms with Crippen LogP contribution in [0.2, 0.25) is 0 Å². The number of aromatic nitrogens is 1. The number of carbonyl (C=O) groups excluding carboxylic acids is 2. The van der Waals surface area contributed by atoms with E-state index in [9.17, 15) is 9.59 Å². The summed E-state index contributed by atoms with van der Waals surface area (Å²) < 4.78 is 0. The number of amides is 2. The van der Waals surface area contributed by atoms with Crippen LogP contribution in [-0.4, -0.2) is 52.8 Å². The summed E-state index contributed by atoms with van der Waals surface area (Å²) >= 11 is 0. The summed E-state index contributed by atoms with van der Waals surface area (Å²) in [6.45, 7) is 10.3. The lowest BCUT2D eigenvalue weighted by Crippen LogP contribution is -2.51. The first-order valence-electron chi connectivity index (χ1n) is 9.14. The first-order valence-corrected chi connectivity index (χ1v) is 9.14. The number of aromatic amines is 1. The SMILES string of the molecule is Cc1ccc(C)c(CC(=O)N2CCN(C(=O)c3cc(C)[nH]c3C)CC2)c1. The molecule has 0 atom stereocenters. The Kier molecular flexibility index (Phi) is 5.16. The van der Waals surface area contributed by atoms with Crippen molar-refractivity contribution in [1.82, 2.24) is 14.8 Å². The number of hydrogen-bond acceptors (Lipinski definition) is 2. The molecule has 2 amide bonds. The molecule has 0 saturated carbocycles. The Morgan fingerprint density at radius 1 is 0.962 bits per heavy atom. The zero-order chi connectivity index (χ0) is 18.8. The van der Waals surface area contributed by atoms with Crippen molar-refractivity contribution >= 4 is 11.8 Å². The molecule has 1 fully saturated rings. The van der Waals surface area contributed by atoms with Crippen molar-refractivity contribution in [1.29, 1.82) is 0 Å². The van der Waals surface area contributed by atoms with E-state index in [1.807, 2.05) is 43.6 Å². The Morgan fingerprint density at radius 2 is 1.62 bits per heavy atom. The summed E-state index contributed by atoms with van der Waals surface area (Å²) in [6, 6.07) is 8.12. The lowest BCUT2D eigenvalue weighted by Gasteiger charge is -2.35. The molecular weight excluding hydrogens is 326 g/mol. The van der Waals surface area contributed by atoms with Gasteiger partial charge in [-0.05, 0) is 44.9 Å². The maximum absolute atomic E-state index is 12.7. The molecule has 5 heteroatoms. The maximum atomic E-state index is 12.7. The van der Waals surface area contributed by atoms with Crippen LogP contribution < -0.4 is 0 Å².